The van der Waals surface area contributed by atoms with Crippen LogP contribution in [0.4, 0.5) is 0 Å². The number of cyclic esters (lactones) is 1. The second-order valence-electron chi connectivity index (χ2n) is 5.58. The summed E-state index contributed by atoms with van der Waals surface area (Å²) in [5.74, 6) is -0.939. The first-order valence-electron chi connectivity index (χ1n) is 7.91. The first-order chi connectivity index (χ1) is 12.4. The molecule has 0 fully saturated rings. The van der Waals surface area contributed by atoms with E-state index in [-0.39, 0.29) is 18.2 Å². The van der Waals surface area contributed by atoms with Gasteiger partial charge in [0, 0.05) is 22.6 Å². The highest BCUT2D eigenvalue weighted by Crippen LogP contribution is 2.24. The minimum Gasteiger partial charge on any atom is -0.462 e. The summed E-state index contributed by atoms with van der Waals surface area (Å²) in [6.45, 7) is 5.56. The quantitative estimate of drug-likeness (QED) is 0.656. The smallest absolute Gasteiger partial charge is 0.363 e. The van der Waals surface area contributed by atoms with Gasteiger partial charge in [0.2, 0.25) is 5.90 Å². The predicted molar refractivity (Wildman–Crippen MR) is 96.1 cm³/mol. The van der Waals surface area contributed by atoms with Crippen LogP contribution in [0.5, 0.6) is 0 Å². The van der Waals surface area contributed by atoms with Crippen molar-refractivity contribution in [2.45, 2.75) is 20.8 Å². The van der Waals surface area contributed by atoms with Crippen molar-refractivity contribution in [3.63, 3.8) is 0 Å². The molecule has 1 aliphatic heterocycles. The van der Waals surface area contributed by atoms with Crippen LogP contribution >= 0.6 is 11.6 Å². The Labute approximate surface area is 154 Å². The monoisotopic (exact) mass is 373 g/mol. The molecule has 0 amide bonds. The largest absolute Gasteiger partial charge is 0.462 e. The standard InChI is InChI=1S/C18H16ClN3O4/c1-4-25-18(24)15-9(2)12(21-10(15)3)8-14-17(23)26-16(22-14)13-7-11(19)5-6-20-13/h5-8,21H,4H2,1-3H3/b14-8-. The molecular formula is C18H16ClN3O4. The number of aromatic nitrogens is 2. The van der Waals surface area contributed by atoms with Gasteiger partial charge in [0.05, 0.1) is 12.2 Å². The highest BCUT2D eigenvalue weighted by atomic mass is 35.5. The fourth-order valence-corrected chi connectivity index (χ4v) is 2.76. The molecule has 1 N–H and O–H groups in total. The molecule has 0 atom stereocenters. The highest BCUT2D eigenvalue weighted by Gasteiger charge is 2.26. The number of aliphatic imine (C=N–C) groups is 1. The topological polar surface area (TPSA) is 93.6 Å². The van der Waals surface area contributed by atoms with Crippen LogP contribution in [0.15, 0.2) is 29.0 Å². The third kappa shape index (κ3) is 3.39. The Morgan fingerprint density at radius 2 is 2.19 bits per heavy atom. The first kappa shape index (κ1) is 17.9. The molecule has 0 aliphatic carbocycles. The average molecular weight is 374 g/mol. The lowest BCUT2D eigenvalue weighted by Crippen LogP contribution is -2.07. The Morgan fingerprint density at radius 1 is 1.42 bits per heavy atom. The van der Waals surface area contributed by atoms with Crippen LogP contribution in [0.1, 0.15) is 39.9 Å². The molecule has 8 heteroatoms. The number of H-pyrrole nitrogens is 1. The van der Waals surface area contributed by atoms with Crippen LogP contribution in [0.25, 0.3) is 6.08 Å². The van der Waals surface area contributed by atoms with Crippen LogP contribution in [-0.2, 0) is 14.3 Å². The maximum atomic E-state index is 12.1. The Bertz CT molecular complexity index is 959. The second kappa shape index (κ2) is 7.13. The minimum absolute atomic E-state index is 0.0790. The van der Waals surface area contributed by atoms with Gasteiger partial charge >= 0.3 is 11.9 Å². The zero-order valence-electron chi connectivity index (χ0n) is 14.4. The summed E-state index contributed by atoms with van der Waals surface area (Å²) in [6.07, 6.45) is 3.03. The van der Waals surface area contributed by atoms with E-state index in [1.54, 1.807) is 32.9 Å². The van der Waals surface area contributed by atoms with Gasteiger partial charge < -0.3 is 14.5 Å². The van der Waals surface area contributed by atoms with Gasteiger partial charge in [-0.2, -0.15) is 0 Å². The predicted octanol–water partition coefficient (Wildman–Crippen LogP) is 3.20. The number of aryl methyl sites for hydroxylation is 1. The van der Waals surface area contributed by atoms with Crippen molar-refractivity contribution < 1.29 is 19.1 Å². The van der Waals surface area contributed by atoms with Gasteiger partial charge in [-0.05, 0) is 44.5 Å². The van der Waals surface area contributed by atoms with E-state index in [2.05, 4.69) is 15.0 Å². The number of carbonyl (C=O) groups excluding carboxylic acids is 2. The number of esters is 2. The summed E-state index contributed by atoms with van der Waals surface area (Å²) >= 11 is 5.92. The molecule has 2 aromatic heterocycles. The molecule has 0 unspecified atom stereocenters. The number of nitrogens with zero attached hydrogens (tertiary/aromatic N) is 2. The van der Waals surface area contributed by atoms with E-state index in [1.165, 1.54) is 12.3 Å². The number of aromatic amines is 1. The molecule has 7 nitrogen and oxygen atoms in total. The van der Waals surface area contributed by atoms with Gasteiger partial charge in [-0.25, -0.2) is 14.6 Å². The van der Waals surface area contributed by atoms with Crippen LogP contribution in [0.3, 0.4) is 0 Å². The number of nitrogens with one attached hydrogen (secondary N) is 1. The SMILES string of the molecule is CCOC(=O)c1c(C)[nH]c(/C=C2\N=C(c3cc(Cl)ccn3)OC2=O)c1C. The first-order valence-corrected chi connectivity index (χ1v) is 8.29. The van der Waals surface area contributed by atoms with Crippen molar-refractivity contribution in [3.8, 4) is 0 Å². The molecule has 0 aromatic carbocycles. The average Bonchev–Trinajstić information content (AvgIpc) is 3.08. The van der Waals surface area contributed by atoms with Crippen molar-refractivity contribution in [2.24, 2.45) is 4.99 Å². The number of ether oxygens (including phenoxy) is 2. The third-order valence-electron chi connectivity index (χ3n) is 3.80. The van der Waals surface area contributed by atoms with E-state index in [0.29, 0.717) is 33.2 Å². The molecule has 0 radical (unpaired) electrons. The molecule has 3 rings (SSSR count). The molecular weight excluding hydrogens is 358 g/mol. The summed E-state index contributed by atoms with van der Waals surface area (Å²) < 4.78 is 10.2. The van der Waals surface area contributed by atoms with E-state index in [1.807, 2.05) is 0 Å². The van der Waals surface area contributed by atoms with Gasteiger partial charge in [0.1, 0.15) is 5.69 Å². The Kier molecular flexibility index (Phi) is 4.90. The van der Waals surface area contributed by atoms with Crippen molar-refractivity contribution in [3.05, 3.63) is 57.3 Å². The number of carbonyl (C=O) groups is 2. The summed E-state index contributed by atoms with van der Waals surface area (Å²) in [5.41, 5.74) is 2.82. The minimum atomic E-state index is -0.605. The number of halogens is 1. The Balaban J connectivity index is 1.96. The number of hydrogen-bond donors (Lipinski definition) is 1. The molecule has 134 valence electrons. The Hall–Kier alpha value is -2.93. The van der Waals surface area contributed by atoms with E-state index in [4.69, 9.17) is 21.1 Å². The van der Waals surface area contributed by atoms with E-state index in [9.17, 15) is 9.59 Å². The fraction of sp³-hybridized carbons (Fsp3) is 0.222. The molecule has 26 heavy (non-hydrogen) atoms. The van der Waals surface area contributed by atoms with Crippen LogP contribution in [0, 0.1) is 13.8 Å². The summed E-state index contributed by atoms with van der Waals surface area (Å²) in [7, 11) is 0. The highest BCUT2D eigenvalue weighted by molar-refractivity contribution is 6.31. The second-order valence-corrected chi connectivity index (χ2v) is 6.02. The molecule has 0 spiro atoms. The zero-order valence-corrected chi connectivity index (χ0v) is 15.2. The molecule has 0 bridgehead atoms. The molecule has 0 saturated heterocycles. The van der Waals surface area contributed by atoms with Gasteiger partial charge in [-0.3, -0.25) is 4.98 Å². The maximum Gasteiger partial charge on any atom is 0.363 e. The third-order valence-corrected chi connectivity index (χ3v) is 4.03. The Morgan fingerprint density at radius 3 is 2.88 bits per heavy atom. The maximum absolute atomic E-state index is 12.1. The van der Waals surface area contributed by atoms with E-state index in [0.717, 1.165) is 0 Å². The number of pyridine rings is 1. The molecule has 3 heterocycles. The normalized spacial score (nSPS) is 15.2. The van der Waals surface area contributed by atoms with Crippen LogP contribution in [-0.4, -0.2) is 34.4 Å². The van der Waals surface area contributed by atoms with E-state index < -0.39 is 11.9 Å². The van der Waals surface area contributed by atoms with Gasteiger partial charge in [-0.1, -0.05) is 11.6 Å². The lowest BCUT2D eigenvalue weighted by molar-refractivity contribution is -0.129. The molecule has 1 aliphatic rings. The summed E-state index contributed by atoms with van der Waals surface area (Å²) in [5, 5.41) is 0.459. The summed E-state index contributed by atoms with van der Waals surface area (Å²) in [6, 6.07) is 3.17. The van der Waals surface area contributed by atoms with E-state index >= 15 is 0 Å². The zero-order chi connectivity index (χ0) is 18.8. The molecule has 2 aromatic rings. The van der Waals surface area contributed by atoms with Crippen molar-refractivity contribution in [2.75, 3.05) is 6.61 Å². The van der Waals surface area contributed by atoms with Crippen LogP contribution in [0.2, 0.25) is 5.02 Å². The molecule has 0 saturated carbocycles. The van der Waals surface area contributed by atoms with Gasteiger partial charge in [-0.15, -0.1) is 0 Å². The lowest BCUT2D eigenvalue weighted by Gasteiger charge is -2.01. The van der Waals surface area contributed by atoms with Crippen LogP contribution < -0.4 is 0 Å². The summed E-state index contributed by atoms with van der Waals surface area (Å²) in [4.78, 5) is 35.5. The lowest BCUT2D eigenvalue weighted by atomic mass is 10.1. The van der Waals surface area contributed by atoms with Crippen molar-refractivity contribution in [1.29, 1.82) is 0 Å². The fourth-order valence-electron chi connectivity index (χ4n) is 2.61. The van der Waals surface area contributed by atoms with Crippen molar-refractivity contribution in [1.82, 2.24) is 9.97 Å². The number of rotatable bonds is 4. The number of hydrogen-bond acceptors (Lipinski definition) is 6. The van der Waals surface area contributed by atoms with Gasteiger partial charge in [0.25, 0.3) is 0 Å². The van der Waals surface area contributed by atoms with Gasteiger partial charge in [0.15, 0.2) is 5.70 Å². The van der Waals surface area contributed by atoms with Crippen molar-refractivity contribution >= 4 is 35.5 Å².